The maximum Gasteiger partial charge on any atom is 0.257 e. The Kier molecular flexibility index (Phi) is 7.52. The van der Waals surface area contributed by atoms with Crippen LogP contribution in [-0.2, 0) is 6.54 Å². The molecule has 1 heterocycles. The zero-order valence-electron chi connectivity index (χ0n) is 17.6. The summed E-state index contributed by atoms with van der Waals surface area (Å²) >= 11 is 8.67. The van der Waals surface area contributed by atoms with Crippen molar-refractivity contribution in [1.29, 1.82) is 0 Å². The van der Waals surface area contributed by atoms with Crippen LogP contribution in [0.15, 0.2) is 83.3 Å². The third kappa shape index (κ3) is 6.16. The average Bonchev–Trinajstić information content (AvgIpc) is 2.81. The second-order valence-corrected chi connectivity index (χ2v) is 9.04. The topological polar surface area (TPSA) is 47.6 Å². The number of benzene rings is 3. The summed E-state index contributed by atoms with van der Waals surface area (Å²) in [7, 11) is 0. The molecule has 0 atom stereocenters. The molecule has 3 aromatic carbocycles. The molecule has 5 nitrogen and oxygen atoms in total. The molecule has 1 aliphatic rings. The number of rotatable bonds is 5. The lowest BCUT2D eigenvalue weighted by Crippen LogP contribution is -2.45. The monoisotopic (exact) mass is 508 g/mol. The van der Waals surface area contributed by atoms with Crippen LogP contribution in [0.25, 0.3) is 0 Å². The van der Waals surface area contributed by atoms with Crippen molar-refractivity contribution in [3.63, 3.8) is 0 Å². The lowest BCUT2D eigenvalue weighted by Gasteiger charge is -2.36. The van der Waals surface area contributed by atoms with Gasteiger partial charge < -0.3 is 10.2 Å². The Bertz CT molecular complexity index is 1070. The van der Waals surface area contributed by atoms with E-state index in [2.05, 4.69) is 78.8 Å². The van der Waals surface area contributed by atoms with Gasteiger partial charge in [0.2, 0.25) is 0 Å². The summed E-state index contributed by atoms with van der Waals surface area (Å²) in [6.45, 7) is 5.09. The van der Waals surface area contributed by atoms with Gasteiger partial charge in [0, 0.05) is 54.1 Å². The maximum absolute atomic E-state index is 12.3. The number of nitrogens with one attached hydrogen (secondary N) is 2. The summed E-state index contributed by atoms with van der Waals surface area (Å²) in [4.78, 5) is 17.2. The average molecular weight is 509 g/mol. The third-order valence-corrected chi connectivity index (χ3v) is 6.12. The van der Waals surface area contributed by atoms with Crippen LogP contribution in [0, 0.1) is 0 Å². The number of piperazine rings is 1. The molecule has 164 valence electrons. The minimum Gasteiger partial charge on any atom is -0.369 e. The summed E-state index contributed by atoms with van der Waals surface area (Å²) in [5.74, 6) is -0.242. The molecule has 0 aliphatic carbocycles. The molecule has 0 unspecified atom stereocenters. The molecule has 3 aromatic rings. The van der Waals surface area contributed by atoms with Crippen molar-refractivity contribution in [2.75, 3.05) is 36.4 Å². The molecule has 1 aliphatic heterocycles. The number of carbonyl (C=O) groups excluding carboxylic acids is 1. The normalized spacial score (nSPS) is 14.1. The Morgan fingerprint density at radius 2 is 1.62 bits per heavy atom. The molecule has 1 fully saturated rings. The first-order valence-electron chi connectivity index (χ1n) is 10.6. The predicted octanol–water partition coefficient (Wildman–Crippen LogP) is 4.90. The Labute approximate surface area is 202 Å². The van der Waals surface area contributed by atoms with Crippen LogP contribution in [0.4, 0.5) is 11.4 Å². The van der Waals surface area contributed by atoms with Gasteiger partial charge >= 0.3 is 0 Å². The minimum absolute atomic E-state index is 0.242. The zero-order chi connectivity index (χ0) is 22.3. The first-order chi connectivity index (χ1) is 15.6. The van der Waals surface area contributed by atoms with Gasteiger partial charge in [-0.1, -0.05) is 52.3 Å². The largest absolute Gasteiger partial charge is 0.369 e. The van der Waals surface area contributed by atoms with E-state index in [0.29, 0.717) is 5.56 Å². The van der Waals surface area contributed by atoms with Crippen molar-refractivity contribution in [3.8, 4) is 0 Å². The number of anilines is 2. The molecule has 1 amide bonds. The van der Waals surface area contributed by atoms with Crippen LogP contribution in [-0.4, -0.2) is 42.1 Å². The number of amides is 1. The van der Waals surface area contributed by atoms with E-state index < -0.39 is 0 Å². The Morgan fingerprint density at radius 1 is 0.906 bits per heavy atom. The zero-order valence-corrected chi connectivity index (χ0v) is 20.0. The van der Waals surface area contributed by atoms with Crippen LogP contribution in [0.5, 0.6) is 0 Å². The van der Waals surface area contributed by atoms with Gasteiger partial charge in [0.1, 0.15) is 0 Å². The highest BCUT2D eigenvalue weighted by molar-refractivity contribution is 9.10. The fourth-order valence-electron chi connectivity index (χ4n) is 3.73. The van der Waals surface area contributed by atoms with E-state index in [0.717, 1.165) is 42.9 Å². The van der Waals surface area contributed by atoms with Gasteiger partial charge in [0.25, 0.3) is 5.91 Å². The van der Waals surface area contributed by atoms with Crippen molar-refractivity contribution in [3.05, 3.63) is 94.5 Å². The smallest absolute Gasteiger partial charge is 0.257 e. The predicted molar refractivity (Wildman–Crippen MR) is 138 cm³/mol. The van der Waals surface area contributed by atoms with Crippen molar-refractivity contribution in [1.82, 2.24) is 10.2 Å². The van der Waals surface area contributed by atoms with Crippen LogP contribution in [0.2, 0.25) is 0 Å². The molecule has 1 saturated heterocycles. The van der Waals surface area contributed by atoms with E-state index in [1.165, 1.54) is 11.3 Å². The van der Waals surface area contributed by atoms with E-state index in [-0.39, 0.29) is 11.0 Å². The van der Waals surface area contributed by atoms with Crippen LogP contribution < -0.4 is 15.5 Å². The first-order valence-corrected chi connectivity index (χ1v) is 11.8. The SMILES string of the molecule is O=C(NC(=S)Nc1ccc(N2CCN(Cc3ccccc3)CC2)cc1)c1cccc(Br)c1. The fraction of sp³-hybridized carbons (Fsp3) is 0.200. The first kappa shape index (κ1) is 22.5. The van der Waals surface area contributed by atoms with Crippen LogP contribution in [0.1, 0.15) is 15.9 Å². The number of halogens is 1. The van der Waals surface area contributed by atoms with E-state index in [4.69, 9.17) is 12.2 Å². The second kappa shape index (κ2) is 10.7. The summed E-state index contributed by atoms with van der Waals surface area (Å²) < 4.78 is 0.848. The summed E-state index contributed by atoms with van der Waals surface area (Å²) in [5, 5.41) is 6.08. The van der Waals surface area contributed by atoms with Crippen LogP contribution in [0.3, 0.4) is 0 Å². The number of hydrogen-bond acceptors (Lipinski definition) is 4. The van der Waals surface area contributed by atoms with Crippen molar-refractivity contribution in [2.24, 2.45) is 0 Å². The number of carbonyl (C=O) groups is 1. The lowest BCUT2D eigenvalue weighted by atomic mass is 10.2. The van der Waals surface area contributed by atoms with Gasteiger partial charge in [0.05, 0.1) is 0 Å². The molecule has 2 N–H and O–H groups in total. The van der Waals surface area contributed by atoms with E-state index >= 15 is 0 Å². The Hall–Kier alpha value is -2.74. The van der Waals surface area contributed by atoms with E-state index in [1.54, 1.807) is 12.1 Å². The van der Waals surface area contributed by atoms with Gasteiger partial charge in [-0.25, -0.2) is 0 Å². The van der Waals surface area contributed by atoms with Crippen molar-refractivity contribution >= 4 is 50.5 Å². The maximum atomic E-state index is 12.3. The summed E-state index contributed by atoms with van der Waals surface area (Å²) in [5.41, 5.74) is 3.94. The number of nitrogens with zero attached hydrogens (tertiary/aromatic N) is 2. The van der Waals surface area contributed by atoms with E-state index in [9.17, 15) is 4.79 Å². The van der Waals surface area contributed by atoms with Gasteiger partial charge in [-0.15, -0.1) is 0 Å². The quantitative estimate of drug-likeness (QED) is 0.480. The van der Waals surface area contributed by atoms with Gasteiger partial charge in [0.15, 0.2) is 5.11 Å². The molecular formula is C25H25BrN4OS. The third-order valence-electron chi connectivity index (χ3n) is 5.43. The van der Waals surface area contributed by atoms with Crippen molar-refractivity contribution in [2.45, 2.75) is 6.54 Å². The summed E-state index contributed by atoms with van der Waals surface area (Å²) in [6.07, 6.45) is 0. The molecule has 0 radical (unpaired) electrons. The molecule has 32 heavy (non-hydrogen) atoms. The molecule has 7 heteroatoms. The van der Waals surface area contributed by atoms with Gasteiger partial charge in [-0.05, 0) is 60.2 Å². The molecule has 4 rings (SSSR count). The Balaban J connectivity index is 1.26. The highest BCUT2D eigenvalue weighted by atomic mass is 79.9. The van der Waals surface area contributed by atoms with Gasteiger partial charge in [-0.2, -0.15) is 0 Å². The standard InChI is InChI=1S/C25H25BrN4OS/c26-21-8-4-7-20(17-21)24(31)28-25(32)27-22-9-11-23(12-10-22)30-15-13-29(14-16-30)18-19-5-2-1-3-6-19/h1-12,17H,13-16,18H2,(H2,27,28,31,32). The van der Waals surface area contributed by atoms with E-state index in [1.807, 2.05) is 24.3 Å². The molecule has 0 bridgehead atoms. The van der Waals surface area contributed by atoms with Crippen molar-refractivity contribution < 1.29 is 4.79 Å². The number of thiocarbonyl (C=S) groups is 1. The second-order valence-electron chi connectivity index (χ2n) is 7.71. The highest BCUT2D eigenvalue weighted by Crippen LogP contribution is 2.20. The molecular weight excluding hydrogens is 484 g/mol. The Morgan fingerprint density at radius 3 is 2.31 bits per heavy atom. The fourth-order valence-corrected chi connectivity index (χ4v) is 4.34. The highest BCUT2D eigenvalue weighted by Gasteiger charge is 2.17. The lowest BCUT2D eigenvalue weighted by molar-refractivity contribution is 0.0977. The van der Waals surface area contributed by atoms with Crippen LogP contribution >= 0.6 is 28.1 Å². The molecule has 0 saturated carbocycles. The number of hydrogen-bond donors (Lipinski definition) is 2. The summed E-state index contributed by atoms with van der Waals surface area (Å²) in [6, 6.07) is 26.0. The molecule has 0 spiro atoms. The molecule has 0 aromatic heterocycles. The minimum atomic E-state index is -0.242. The van der Waals surface area contributed by atoms with Gasteiger partial charge in [-0.3, -0.25) is 15.0 Å².